The Morgan fingerprint density at radius 2 is 1.75 bits per heavy atom. The third kappa shape index (κ3) is 5.27. The highest BCUT2D eigenvalue weighted by Crippen LogP contribution is 2.25. The summed E-state index contributed by atoms with van der Waals surface area (Å²) >= 11 is 1.12. The van der Waals surface area contributed by atoms with Gasteiger partial charge >= 0.3 is 0 Å². The van der Waals surface area contributed by atoms with Crippen LogP contribution >= 0.6 is 11.8 Å². The van der Waals surface area contributed by atoms with E-state index in [0.29, 0.717) is 11.6 Å². The van der Waals surface area contributed by atoms with E-state index in [1.165, 1.54) is 18.3 Å². The zero-order chi connectivity index (χ0) is 22.5. The van der Waals surface area contributed by atoms with Crippen LogP contribution in [-0.4, -0.2) is 45.9 Å². The minimum Gasteiger partial charge on any atom is -0.411 e. The molecule has 32 heavy (non-hydrogen) atoms. The van der Waals surface area contributed by atoms with Crippen LogP contribution in [0.3, 0.4) is 0 Å². The Kier molecular flexibility index (Phi) is 6.41. The first kappa shape index (κ1) is 21.4. The van der Waals surface area contributed by atoms with Gasteiger partial charge in [0.15, 0.2) is 0 Å². The van der Waals surface area contributed by atoms with Gasteiger partial charge in [0.05, 0.1) is 11.4 Å². The number of benzene rings is 2. The summed E-state index contributed by atoms with van der Waals surface area (Å²) < 4.78 is 18.8. The van der Waals surface area contributed by atoms with Crippen molar-refractivity contribution < 1.29 is 13.6 Å². The van der Waals surface area contributed by atoms with Crippen LogP contribution in [0.2, 0.25) is 0 Å². The van der Waals surface area contributed by atoms with Gasteiger partial charge < -0.3 is 9.32 Å². The van der Waals surface area contributed by atoms with Crippen molar-refractivity contribution in [3.8, 4) is 22.7 Å². The zero-order valence-electron chi connectivity index (χ0n) is 17.3. The maximum Gasteiger partial charge on any atom is 0.277 e. The number of thioether (sulfide) groups is 1. The summed E-state index contributed by atoms with van der Waals surface area (Å²) in [4.78, 5) is 22.7. The summed E-state index contributed by atoms with van der Waals surface area (Å²) in [5, 5.41) is 10.9. The topological polar surface area (TPSA) is 97.0 Å². The maximum atomic E-state index is 13.1. The second kappa shape index (κ2) is 9.56. The van der Waals surface area contributed by atoms with Crippen LogP contribution < -0.4 is 10.2 Å². The molecule has 0 atom stereocenters. The van der Waals surface area contributed by atoms with E-state index >= 15 is 0 Å². The summed E-state index contributed by atoms with van der Waals surface area (Å²) in [6.45, 7) is 0. The van der Waals surface area contributed by atoms with E-state index in [-0.39, 0.29) is 28.6 Å². The molecule has 1 amide bonds. The SMILES string of the molecule is CN(C)c1ccc(-c2nnc(SCC(=O)Nc3nccc(-c4ccc(F)cc4)n3)o2)cc1. The molecule has 1 N–H and O–H groups in total. The number of anilines is 2. The molecule has 2 aromatic carbocycles. The van der Waals surface area contributed by atoms with E-state index in [2.05, 4.69) is 25.5 Å². The second-order valence-corrected chi connectivity index (χ2v) is 7.85. The minimum atomic E-state index is -0.330. The molecule has 10 heteroatoms. The predicted octanol–water partition coefficient (Wildman–Crippen LogP) is 4.13. The van der Waals surface area contributed by atoms with Gasteiger partial charge in [0.2, 0.25) is 17.7 Å². The van der Waals surface area contributed by atoms with Crippen molar-refractivity contribution in [3.05, 3.63) is 66.6 Å². The first-order valence-corrected chi connectivity index (χ1v) is 10.6. The standard InChI is InChI=1S/C22H19FN6O2S/c1-29(2)17-9-5-15(6-10-17)20-27-28-22(31-20)32-13-19(30)26-21-24-12-11-18(25-21)14-3-7-16(23)8-4-14/h3-12H,13H2,1-2H3,(H,24,25,26,30). The van der Waals surface area contributed by atoms with Crippen molar-refractivity contribution in [1.82, 2.24) is 20.2 Å². The summed E-state index contributed by atoms with van der Waals surface area (Å²) in [5.41, 5.74) is 3.15. The molecule has 0 bridgehead atoms. The quantitative estimate of drug-likeness (QED) is 0.420. The molecule has 0 radical (unpaired) electrons. The van der Waals surface area contributed by atoms with Crippen molar-refractivity contribution in [2.75, 3.05) is 30.1 Å². The number of aromatic nitrogens is 4. The normalized spacial score (nSPS) is 10.7. The molecular formula is C22H19FN6O2S. The van der Waals surface area contributed by atoms with Crippen LogP contribution in [-0.2, 0) is 4.79 Å². The van der Waals surface area contributed by atoms with Gasteiger partial charge in [-0.05, 0) is 54.6 Å². The minimum absolute atomic E-state index is 0.0470. The number of halogens is 1. The molecule has 0 aliphatic rings. The average Bonchev–Trinajstić information content (AvgIpc) is 3.28. The fourth-order valence-electron chi connectivity index (χ4n) is 2.78. The number of hydrogen-bond acceptors (Lipinski definition) is 8. The second-order valence-electron chi connectivity index (χ2n) is 6.92. The Labute approximate surface area is 187 Å². The lowest BCUT2D eigenvalue weighted by atomic mass is 10.1. The van der Waals surface area contributed by atoms with Crippen molar-refractivity contribution >= 4 is 29.3 Å². The van der Waals surface area contributed by atoms with Gasteiger partial charge in [0.25, 0.3) is 5.22 Å². The van der Waals surface area contributed by atoms with Gasteiger partial charge in [-0.15, -0.1) is 10.2 Å². The van der Waals surface area contributed by atoms with Gasteiger partial charge in [0.1, 0.15) is 5.82 Å². The molecule has 2 heterocycles. The van der Waals surface area contributed by atoms with Crippen molar-refractivity contribution in [2.45, 2.75) is 5.22 Å². The number of nitrogens with one attached hydrogen (secondary N) is 1. The average molecular weight is 450 g/mol. The molecule has 8 nitrogen and oxygen atoms in total. The molecule has 0 aliphatic carbocycles. The van der Waals surface area contributed by atoms with E-state index in [9.17, 15) is 9.18 Å². The van der Waals surface area contributed by atoms with E-state index in [1.54, 1.807) is 18.2 Å². The molecule has 4 rings (SSSR count). The maximum absolute atomic E-state index is 13.1. The Morgan fingerprint density at radius 3 is 2.47 bits per heavy atom. The molecule has 0 unspecified atom stereocenters. The Bertz CT molecular complexity index is 1210. The van der Waals surface area contributed by atoms with Gasteiger partial charge in [0, 0.05) is 37.1 Å². The van der Waals surface area contributed by atoms with Crippen LogP contribution in [0, 0.1) is 5.82 Å². The molecular weight excluding hydrogens is 431 g/mol. The molecule has 0 saturated carbocycles. The highest BCUT2D eigenvalue weighted by Gasteiger charge is 2.13. The van der Waals surface area contributed by atoms with Gasteiger partial charge in [-0.25, -0.2) is 14.4 Å². The molecule has 162 valence electrons. The monoisotopic (exact) mass is 450 g/mol. The number of hydrogen-bond donors (Lipinski definition) is 1. The fourth-order valence-corrected chi connectivity index (χ4v) is 3.34. The van der Waals surface area contributed by atoms with Crippen LogP contribution in [0.5, 0.6) is 0 Å². The largest absolute Gasteiger partial charge is 0.411 e. The Morgan fingerprint density at radius 1 is 1.03 bits per heavy atom. The van der Waals surface area contributed by atoms with E-state index in [1.807, 2.05) is 43.3 Å². The molecule has 2 aromatic heterocycles. The third-order valence-corrected chi connectivity index (χ3v) is 5.23. The summed E-state index contributed by atoms with van der Waals surface area (Å²) in [6.07, 6.45) is 1.53. The van der Waals surface area contributed by atoms with Crippen LogP contribution in [0.4, 0.5) is 16.0 Å². The van der Waals surface area contributed by atoms with Gasteiger partial charge in [-0.2, -0.15) is 0 Å². The molecule has 0 fully saturated rings. The van der Waals surface area contributed by atoms with Crippen LogP contribution in [0.25, 0.3) is 22.7 Å². The van der Waals surface area contributed by atoms with Crippen molar-refractivity contribution in [2.24, 2.45) is 0 Å². The molecule has 0 saturated heterocycles. The zero-order valence-corrected chi connectivity index (χ0v) is 18.1. The number of carbonyl (C=O) groups is 1. The predicted molar refractivity (Wildman–Crippen MR) is 121 cm³/mol. The number of carbonyl (C=O) groups excluding carboxylic acids is 1. The number of amides is 1. The lowest BCUT2D eigenvalue weighted by Crippen LogP contribution is -2.16. The Hall–Kier alpha value is -3.79. The van der Waals surface area contributed by atoms with Gasteiger partial charge in [-0.3, -0.25) is 10.1 Å². The lowest BCUT2D eigenvalue weighted by Gasteiger charge is -2.11. The first-order chi connectivity index (χ1) is 15.5. The Balaban J connectivity index is 1.35. The third-order valence-electron chi connectivity index (χ3n) is 4.41. The van der Waals surface area contributed by atoms with Crippen molar-refractivity contribution in [1.29, 1.82) is 0 Å². The van der Waals surface area contributed by atoms with E-state index < -0.39 is 0 Å². The smallest absolute Gasteiger partial charge is 0.277 e. The van der Waals surface area contributed by atoms with Crippen molar-refractivity contribution in [3.63, 3.8) is 0 Å². The number of nitrogens with zero attached hydrogens (tertiary/aromatic N) is 5. The van der Waals surface area contributed by atoms with Crippen LogP contribution in [0.15, 0.2) is 70.4 Å². The molecule has 0 spiro atoms. The molecule has 4 aromatic rings. The van der Waals surface area contributed by atoms with Crippen LogP contribution in [0.1, 0.15) is 0 Å². The number of rotatable bonds is 7. The van der Waals surface area contributed by atoms with E-state index in [0.717, 1.165) is 28.6 Å². The fraction of sp³-hybridized carbons (Fsp3) is 0.136. The highest BCUT2D eigenvalue weighted by atomic mass is 32.2. The lowest BCUT2D eigenvalue weighted by molar-refractivity contribution is -0.113. The first-order valence-electron chi connectivity index (χ1n) is 9.61. The summed E-state index contributed by atoms with van der Waals surface area (Å²) in [5.74, 6) is -0.0617. The molecule has 0 aliphatic heterocycles. The summed E-state index contributed by atoms with van der Waals surface area (Å²) in [6, 6.07) is 15.3. The summed E-state index contributed by atoms with van der Waals surface area (Å²) in [7, 11) is 3.93. The van der Waals surface area contributed by atoms with E-state index in [4.69, 9.17) is 4.42 Å². The highest BCUT2D eigenvalue weighted by molar-refractivity contribution is 7.99. The van der Waals surface area contributed by atoms with Gasteiger partial charge in [-0.1, -0.05) is 11.8 Å².